The molecule has 1 aliphatic heterocycles. The predicted octanol–water partition coefficient (Wildman–Crippen LogP) is 2.04. The second-order valence-corrected chi connectivity index (χ2v) is 6.29. The SMILES string of the molecule is C#CCC(=O)N1CC[C@@H](CC)[C@@H](N(C)c2ncnc3[nH]ccc23)C1. The Hall–Kier alpha value is -2.55. The molecular weight excluding hydrogens is 302 g/mol. The van der Waals surface area contributed by atoms with Gasteiger partial charge in [0, 0.05) is 26.3 Å². The lowest BCUT2D eigenvalue weighted by Gasteiger charge is -2.43. The highest BCUT2D eigenvalue weighted by atomic mass is 16.2. The van der Waals surface area contributed by atoms with E-state index in [1.165, 1.54) is 0 Å². The average Bonchev–Trinajstić information content (AvgIpc) is 3.09. The first kappa shape index (κ1) is 16.3. The fourth-order valence-electron chi connectivity index (χ4n) is 3.62. The quantitative estimate of drug-likeness (QED) is 0.874. The summed E-state index contributed by atoms with van der Waals surface area (Å²) >= 11 is 0. The molecule has 3 rings (SSSR count). The molecule has 2 aromatic heterocycles. The van der Waals surface area contributed by atoms with E-state index in [4.69, 9.17) is 6.42 Å². The molecule has 3 heterocycles. The van der Waals surface area contributed by atoms with Gasteiger partial charge >= 0.3 is 0 Å². The molecule has 1 N–H and O–H groups in total. The predicted molar refractivity (Wildman–Crippen MR) is 94.5 cm³/mol. The van der Waals surface area contributed by atoms with Crippen molar-refractivity contribution in [1.29, 1.82) is 0 Å². The summed E-state index contributed by atoms with van der Waals surface area (Å²) in [6.45, 7) is 3.68. The van der Waals surface area contributed by atoms with Gasteiger partial charge in [0.05, 0.1) is 17.8 Å². The molecule has 2 aromatic rings. The smallest absolute Gasteiger partial charge is 0.234 e. The second kappa shape index (κ2) is 6.91. The number of anilines is 1. The Morgan fingerprint density at radius 3 is 3.12 bits per heavy atom. The number of amides is 1. The van der Waals surface area contributed by atoms with Crippen LogP contribution in [0.25, 0.3) is 11.0 Å². The number of hydrogen-bond acceptors (Lipinski definition) is 4. The molecule has 1 saturated heterocycles. The number of likely N-dealkylation sites (tertiary alicyclic amines) is 1. The van der Waals surface area contributed by atoms with E-state index in [0.29, 0.717) is 12.5 Å². The molecule has 0 radical (unpaired) electrons. The van der Waals surface area contributed by atoms with Gasteiger partial charge in [-0.15, -0.1) is 6.42 Å². The topological polar surface area (TPSA) is 65.1 Å². The summed E-state index contributed by atoms with van der Waals surface area (Å²) in [5, 5.41) is 1.00. The van der Waals surface area contributed by atoms with Gasteiger partial charge < -0.3 is 14.8 Å². The van der Waals surface area contributed by atoms with Crippen molar-refractivity contribution in [3.8, 4) is 12.3 Å². The van der Waals surface area contributed by atoms with Gasteiger partial charge in [-0.3, -0.25) is 4.79 Å². The lowest BCUT2D eigenvalue weighted by atomic mass is 9.88. The summed E-state index contributed by atoms with van der Waals surface area (Å²) < 4.78 is 0. The minimum absolute atomic E-state index is 0.0416. The van der Waals surface area contributed by atoms with Crippen LogP contribution in [0.3, 0.4) is 0 Å². The van der Waals surface area contributed by atoms with Gasteiger partial charge in [-0.2, -0.15) is 0 Å². The van der Waals surface area contributed by atoms with E-state index in [2.05, 4.69) is 39.7 Å². The molecule has 6 nitrogen and oxygen atoms in total. The van der Waals surface area contributed by atoms with E-state index in [-0.39, 0.29) is 18.4 Å². The van der Waals surface area contributed by atoms with E-state index in [9.17, 15) is 4.79 Å². The zero-order valence-corrected chi connectivity index (χ0v) is 14.2. The van der Waals surface area contributed by atoms with Crippen molar-refractivity contribution in [3.63, 3.8) is 0 Å². The van der Waals surface area contributed by atoms with Crippen LogP contribution in [0.15, 0.2) is 18.6 Å². The molecule has 2 atom stereocenters. The Labute approximate surface area is 142 Å². The number of terminal acetylenes is 1. The fourth-order valence-corrected chi connectivity index (χ4v) is 3.62. The number of aromatic nitrogens is 3. The summed E-state index contributed by atoms with van der Waals surface area (Å²) in [4.78, 5) is 28.2. The Morgan fingerprint density at radius 1 is 1.54 bits per heavy atom. The third-order valence-corrected chi connectivity index (χ3v) is 5.02. The van der Waals surface area contributed by atoms with Crippen LogP contribution in [0.2, 0.25) is 0 Å². The summed E-state index contributed by atoms with van der Waals surface area (Å²) in [6, 6.07) is 2.21. The van der Waals surface area contributed by atoms with E-state index < -0.39 is 0 Å². The molecule has 1 aliphatic rings. The lowest BCUT2D eigenvalue weighted by molar-refractivity contribution is -0.131. The molecule has 0 saturated carbocycles. The maximum absolute atomic E-state index is 12.2. The number of aromatic amines is 1. The third-order valence-electron chi connectivity index (χ3n) is 5.02. The highest BCUT2D eigenvalue weighted by molar-refractivity contribution is 5.87. The first-order valence-electron chi connectivity index (χ1n) is 8.37. The molecule has 0 unspecified atom stereocenters. The number of carbonyl (C=O) groups excluding carboxylic acids is 1. The molecule has 0 bridgehead atoms. The van der Waals surface area contributed by atoms with Gasteiger partial charge in [-0.05, 0) is 18.4 Å². The Kier molecular flexibility index (Phi) is 4.70. The largest absolute Gasteiger partial charge is 0.354 e. The van der Waals surface area contributed by atoms with Crippen LogP contribution in [0.1, 0.15) is 26.2 Å². The van der Waals surface area contributed by atoms with Crippen LogP contribution in [0.4, 0.5) is 5.82 Å². The monoisotopic (exact) mass is 325 g/mol. The van der Waals surface area contributed by atoms with Crippen LogP contribution in [0, 0.1) is 18.3 Å². The highest BCUT2D eigenvalue weighted by Gasteiger charge is 2.33. The molecule has 0 aliphatic carbocycles. The van der Waals surface area contributed by atoms with Gasteiger partial charge in [0.2, 0.25) is 5.91 Å². The minimum atomic E-state index is 0.0416. The first-order chi connectivity index (χ1) is 11.7. The number of likely N-dealkylation sites (N-methyl/N-ethyl adjacent to an activating group) is 1. The minimum Gasteiger partial charge on any atom is -0.354 e. The van der Waals surface area contributed by atoms with Crippen LogP contribution in [-0.2, 0) is 4.79 Å². The van der Waals surface area contributed by atoms with Crippen molar-refractivity contribution < 1.29 is 4.79 Å². The normalized spacial score (nSPS) is 20.8. The molecule has 1 amide bonds. The second-order valence-electron chi connectivity index (χ2n) is 6.29. The number of H-pyrrole nitrogens is 1. The zero-order valence-electron chi connectivity index (χ0n) is 14.2. The van der Waals surface area contributed by atoms with Crippen LogP contribution < -0.4 is 4.90 Å². The van der Waals surface area contributed by atoms with E-state index >= 15 is 0 Å². The Morgan fingerprint density at radius 2 is 2.38 bits per heavy atom. The van der Waals surface area contributed by atoms with Gasteiger partial charge in [0.1, 0.15) is 17.8 Å². The zero-order chi connectivity index (χ0) is 17.1. The van der Waals surface area contributed by atoms with Gasteiger partial charge in [-0.25, -0.2) is 9.97 Å². The van der Waals surface area contributed by atoms with Gasteiger partial charge in [0.15, 0.2) is 0 Å². The third kappa shape index (κ3) is 2.94. The molecule has 126 valence electrons. The maximum atomic E-state index is 12.2. The van der Waals surface area contributed by atoms with Crippen molar-refractivity contribution in [2.45, 2.75) is 32.2 Å². The average molecular weight is 325 g/mol. The first-order valence-corrected chi connectivity index (χ1v) is 8.37. The summed E-state index contributed by atoms with van der Waals surface area (Å²) in [5.41, 5.74) is 0.830. The number of carbonyl (C=O) groups is 1. The van der Waals surface area contributed by atoms with Crippen molar-refractivity contribution in [2.24, 2.45) is 5.92 Å². The highest BCUT2D eigenvalue weighted by Crippen LogP contribution is 2.30. The summed E-state index contributed by atoms with van der Waals surface area (Å²) in [7, 11) is 2.05. The number of hydrogen-bond donors (Lipinski definition) is 1. The van der Waals surface area contributed by atoms with E-state index in [0.717, 1.165) is 36.2 Å². The fraction of sp³-hybridized carbons (Fsp3) is 0.500. The molecule has 0 aromatic carbocycles. The molecule has 24 heavy (non-hydrogen) atoms. The van der Waals surface area contributed by atoms with Crippen molar-refractivity contribution in [2.75, 3.05) is 25.0 Å². The van der Waals surface area contributed by atoms with Crippen molar-refractivity contribution in [1.82, 2.24) is 19.9 Å². The Bertz CT molecular complexity index is 762. The summed E-state index contributed by atoms with van der Waals surface area (Å²) in [6.07, 6.45) is 11.0. The maximum Gasteiger partial charge on any atom is 0.234 e. The standard InChI is InChI=1S/C18H23N5O/c1-4-6-16(24)23-10-8-13(5-2)15(11-23)22(3)18-14-7-9-19-17(14)20-12-21-18/h1,7,9,12-13,15H,5-6,8,10-11H2,2-3H3,(H,19,20,21)/t13-,15+/m1/s1. The number of piperidine rings is 1. The Balaban J connectivity index is 1.87. The van der Waals surface area contributed by atoms with Crippen molar-refractivity contribution in [3.05, 3.63) is 18.6 Å². The molecular formula is C18H23N5O. The van der Waals surface area contributed by atoms with E-state index in [1.807, 2.05) is 17.2 Å². The number of fused-ring (bicyclic) bond motifs is 1. The van der Waals surface area contributed by atoms with Gasteiger partial charge in [0.25, 0.3) is 0 Å². The van der Waals surface area contributed by atoms with Crippen molar-refractivity contribution >= 4 is 22.8 Å². The van der Waals surface area contributed by atoms with Crippen LogP contribution >= 0.6 is 0 Å². The summed E-state index contributed by atoms with van der Waals surface area (Å²) in [5.74, 6) is 3.92. The molecule has 0 spiro atoms. The van der Waals surface area contributed by atoms with Crippen LogP contribution in [0.5, 0.6) is 0 Å². The number of nitrogens with zero attached hydrogens (tertiary/aromatic N) is 4. The number of rotatable bonds is 4. The van der Waals surface area contributed by atoms with E-state index in [1.54, 1.807) is 6.33 Å². The molecule has 1 fully saturated rings. The van der Waals surface area contributed by atoms with Crippen LogP contribution in [-0.4, -0.2) is 51.9 Å². The molecule has 6 heteroatoms. The number of nitrogens with one attached hydrogen (secondary N) is 1. The lowest BCUT2D eigenvalue weighted by Crippen LogP contribution is -2.53. The van der Waals surface area contributed by atoms with Gasteiger partial charge in [-0.1, -0.05) is 19.3 Å².